The maximum Gasteiger partial charge on any atom is 0.256 e. The topological polar surface area (TPSA) is 60.5 Å². The van der Waals surface area contributed by atoms with Gasteiger partial charge in [-0.05, 0) is 43.5 Å². The van der Waals surface area contributed by atoms with Gasteiger partial charge in [-0.15, -0.1) is 0 Å². The quantitative estimate of drug-likeness (QED) is 0.583. The van der Waals surface area contributed by atoms with E-state index in [-0.39, 0.29) is 5.91 Å². The monoisotopic (exact) mass is 372 g/mol. The third-order valence-electron chi connectivity index (χ3n) is 4.74. The normalized spacial score (nSPS) is 13.6. The molecule has 5 heteroatoms. The minimum atomic E-state index is -0.851. The number of aromatic nitrogens is 1. The van der Waals surface area contributed by atoms with Gasteiger partial charge in [0.25, 0.3) is 5.91 Å². The number of unbranched alkanes of at least 4 members (excludes halogenated alkanes) is 2. The van der Waals surface area contributed by atoms with Crippen LogP contribution in [0.4, 0.5) is 5.69 Å². The number of carbonyl (C=O) groups excluding carboxylic acids is 1. The van der Waals surface area contributed by atoms with E-state index in [1.54, 1.807) is 13.3 Å². The number of anilines is 1. The Hall–Kier alpha value is -2.14. The van der Waals surface area contributed by atoms with Crippen LogP contribution in [-0.2, 0) is 9.53 Å². The molecule has 27 heavy (non-hydrogen) atoms. The van der Waals surface area contributed by atoms with Crippen LogP contribution in [0.3, 0.4) is 0 Å². The zero-order valence-corrected chi connectivity index (χ0v) is 17.2. The number of pyridine rings is 1. The SMILES string of the molecule is CCCCC[C@](C)(OC)C(=O)Nc1ccc(OCC(C)C)c2ncccc12. The van der Waals surface area contributed by atoms with Crippen LogP contribution < -0.4 is 10.1 Å². The number of nitrogens with zero attached hydrogens (tertiary/aromatic N) is 1. The molecule has 0 aliphatic carbocycles. The molecule has 0 aliphatic heterocycles. The molecule has 0 fully saturated rings. The van der Waals surface area contributed by atoms with E-state index in [1.165, 1.54) is 0 Å². The summed E-state index contributed by atoms with van der Waals surface area (Å²) in [6.45, 7) is 8.82. The molecule has 5 nitrogen and oxygen atoms in total. The molecule has 0 saturated carbocycles. The van der Waals surface area contributed by atoms with Gasteiger partial charge < -0.3 is 14.8 Å². The number of benzene rings is 1. The second kappa shape index (κ2) is 9.70. The highest BCUT2D eigenvalue weighted by Gasteiger charge is 2.32. The Morgan fingerprint density at radius 1 is 1.26 bits per heavy atom. The Labute approximate surface area is 162 Å². The van der Waals surface area contributed by atoms with E-state index in [2.05, 4.69) is 31.1 Å². The third-order valence-corrected chi connectivity index (χ3v) is 4.74. The Kier molecular flexibility index (Phi) is 7.60. The van der Waals surface area contributed by atoms with Crippen molar-refractivity contribution in [1.82, 2.24) is 4.98 Å². The molecular formula is C22H32N2O3. The van der Waals surface area contributed by atoms with Crippen molar-refractivity contribution in [2.24, 2.45) is 5.92 Å². The van der Waals surface area contributed by atoms with Crippen LogP contribution >= 0.6 is 0 Å². The molecule has 1 heterocycles. The van der Waals surface area contributed by atoms with Crippen molar-refractivity contribution in [2.75, 3.05) is 19.0 Å². The lowest BCUT2D eigenvalue weighted by Gasteiger charge is -2.27. The largest absolute Gasteiger partial charge is 0.491 e. The highest BCUT2D eigenvalue weighted by atomic mass is 16.5. The first-order valence-electron chi connectivity index (χ1n) is 9.78. The smallest absolute Gasteiger partial charge is 0.256 e. The third kappa shape index (κ3) is 5.42. The maximum absolute atomic E-state index is 12.9. The highest BCUT2D eigenvalue weighted by molar-refractivity contribution is 6.05. The maximum atomic E-state index is 12.9. The number of fused-ring (bicyclic) bond motifs is 1. The minimum absolute atomic E-state index is 0.137. The van der Waals surface area contributed by atoms with Crippen molar-refractivity contribution in [1.29, 1.82) is 0 Å². The molecule has 148 valence electrons. The molecule has 0 bridgehead atoms. The fourth-order valence-electron chi connectivity index (χ4n) is 2.90. The van der Waals surface area contributed by atoms with Crippen molar-refractivity contribution in [3.8, 4) is 5.75 Å². The summed E-state index contributed by atoms with van der Waals surface area (Å²) in [4.78, 5) is 17.4. The zero-order chi connectivity index (χ0) is 19.9. The Morgan fingerprint density at radius 3 is 2.70 bits per heavy atom. The van der Waals surface area contributed by atoms with E-state index >= 15 is 0 Å². The van der Waals surface area contributed by atoms with Gasteiger partial charge in [0.05, 0.1) is 12.3 Å². The number of nitrogens with one attached hydrogen (secondary N) is 1. The van der Waals surface area contributed by atoms with Gasteiger partial charge in [-0.25, -0.2) is 0 Å². The predicted octanol–water partition coefficient (Wildman–Crippen LogP) is 5.19. The number of hydrogen-bond acceptors (Lipinski definition) is 4. The number of carbonyl (C=O) groups is 1. The van der Waals surface area contributed by atoms with Gasteiger partial charge in [-0.3, -0.25) is 9.78 Å². The van der Waals surface area contributed by atoms with Gasteiger partial charge in [0.15, 0.2) is 0 Å². The molecule has 0 saturated heterocycles. The van der Waals surface area contributed by atoms with E-state index < -0.39 is 5.60 Å². The minimum Gasteiger partial charge on any atom is -0.491 e. The van der Waals surface area contributed by atoms with Gasteiger partial charge in [-0.1, -0.05) is 40.0 Å². The van der Waals surface area contributed by atoms with Gasteiger partial charge in [0, 0.05) is 18.7 Å². The summed E-state index contributed by atoms with van der Waals surface area (Å²) in [7, 11) is 1.59. The van der Waals surface area contributed by atoms with E-state index in [0.29, 0.717) is 18.9 Å². The summed E-state index contributed by atoms with van der Waals surface area (Å²) in [5.41, 5.74) is 0.621. The van der Waals surface area contributed by atoms with E-state index in [9.17, 15) is 4.79 Å². The number of ether oxygens (including phenoxy) is 2. The number of rotatable bonds is 10. The molecule has 1 atom stereocenters. The molecule has 0 unspecified atom stereocenters. The summed E-state index contributed by atoms with van der Waals surface area (Å²) in [6, 6.07) is 7.55. The van der Waals surface area contributed by atoms with Crippen molar-refractivity contribution in [3.63, 3.8) is 0 Å². The van der Waals surface area contributed by atoms with Crippen molar-refractivity contribution in [2.45, 2.75) is 59.0 Å². The summed E-state index contributed by atoms with van der Waals surface area (Å²) in [5.74, 6) is 1.02. The van der Waals surface area contributed by atoms with Crippen LogP contribution in [0.15, 0.2) is 30.5 Å². The summed E-state index contributed by atoms with van der Waals surface area (Å²) in [5, 5.41) is 3.90. The summed E-state index contributed by atoms with van der Waals surface area (Å²) < 4.78 is 11.5. The molecule has 0 aliphatic rings. The van der Waals surface area contributed by atoms with Gasteiger partial charge in [0.2, 0.25) is 0 Å². The summed E-state index contributed by atoms with van der Waals surface area (Å²) in [6.07, 6.45) is 5.57. The van der Waals surface area contributed by atoms with Crippen molar-refractivity contribution >= 4 is 22.5 Å². The number of hydrogen-bond donors (Lipinski definition) is 1. The molecular weight excluding hydrogens is 340 g/mol. The van der Waals surface area contributed by atoms with Crippen molar-refractivity contribution in [3.05, 3.63) is 30.5 Å². The molecule has 0 spiro atoms. The molecule has 1 aromatic heterocycles. The zero-order valence-electron chi connectivity index (χ0n) is 17.2. The lowest BCUT2D eigenvalue weighted by atomic mass is 9.96. The lowest BCUT2D eigenvalue weighted by molar-refractivity contribution is -0.136. The molecule has 1 amide bonds. The Balaban J connectivity index is 2.25. The Bertz CT molecular complexity index is 760. The molecule has 0 radical (unpaired) electrons. The molecule has 2 rings (SSSR count). The first kappa shape index (κ1) is 21.2. The van der Waals surface area contributed by atoms with Crippen LogP contribution in [0.25, 0.3) is 10.9 Å². The fraction of sp³-hybridized carbons (Fsp3) is 0.545. The number of amides is 1. The molecule has 1 aromatic carbocycles. The van der Waals surface area contributed by atoms with Crippen molar-refractivity contribution < 1.29 is 14.3 Å². The standard InChI is InChI=1S/C22H32N2O3/c1-6-7-8-13-22(4,26-5)21(25)24-18-11-12-19(27-15-16(2)3)20-17(18)10-9-14-23-20/h9-12,14,16H,6-8,13,15H2,1-5H3,(H,24,25)/t22-/m0/s1. The van der Waals surface area contributed by atoms with Gasteiger partial charge in [-0.2, -0.15) is 0 Å². The first-order valence-corrected chi connectivity index (χ1v) is 9.78. The average Bonchev–Trinajstić information content (AvgIpc) is 2.67. The van der Waals surface area contributed by atoms with Gasteiger partial charge >= 0.3 is 0 Å². The van der Waals surface area contributed by atoms with E-state index in [1.807, 2.05) is 31.2 Å². The van der Waals surface area contributed by atoms with E-state index in [0.717, 1.165) is 41.6 Å². The number of methoxy groups -OCH3 is 1. The second-order valence-electron chi connectivity index (χ2n) is 7.56. The summed E-state index contributed by atoms with van der Waals surface area (Å²) >= 11 is 0. The predicted molar refractivity (Wildman–Crippen MR) is 110 cm³/mol. The molecule has 1 N–H and O–H groups in total. The van der Waals surface area contributed by atoms with Crippen LogP contribution in [0.5, 0.6) is 5.75 Å². The average molecular weight is 373 g/mol. The Morgan fingerprint density at radius 2 is 2.04 bits per heavy atom. The van der Waals surface area contributed by atoms with Crippen LogP contribution in [-0.4, -0.2) is 30.2 Å². The van der Waals surface area contributed by atoms with Gasteiger partial charge in [0.1, 0.15) is 16.9 Å². The highest BCUT2D eigenvalue weighted by Crippen LogP contribution is 2.31. The fourth-order valence-corrected chi connectivity index (χ4v) is 2.90. The lowest BCUT2D eigenvalue weighted by Crippen LogP contribution is -2.42. The first-order chi connectivity index (χ1) is 12.9. The van der Waals surface area contributed by atoms with Crippen LogP contribution in [0.1, 0.15) is 53.4 Å². The van der Waals surface area contributed by atoms with Crippen LogP contribution in [0, 0.1) is 5.92 Å². The second-order valence-corrected chi connectivity index (χ2v) is 7.56. The van der Waals surface area contributed by atoms with E-state index in [4.69, 9.17) is 9.47 Å². The van der Waals surface area contributed by atoms with Crippen LogP contribution in [0.2, 0.25) is 0 Å². The molecule has 2 aromatic rings.